The van der Waals surface area contributed by atoms with Gasteiger partial charge in [0.05, 0.1) is 18.0 Å². The minimum absolute atomic E-state index is 0.0176. The van der Waals surface area contributed by atoms with E-state index in [4.69, 9.17) is 9.88 Å². The Morgan fingerprint density at radius 2 is 1.92 bits per heavy atom. The monoisotopic (exact) mass is 205 g/mol. The van der Waals surface area contributed by atoms with Gasteiger partial charge in [0.1, 0.15) is 0 Å². The lowest BCUT2D eigenvalue weighted by atomic mass is 10.1. The van der Waals surface area contributed by atoms with E-state index in [-0.39, 0.29) is 11.9 Å². The smallest absolute Gasteiger partial charge is 0.211 e. The number of ether oxygens (including phenoxy) is 1. The van der Waals surface area contributed by atoms with Gasteiger partial charge in [0.25, 0.3) is 0 Å². The van der Waals surface area contributed by atoms with Gasteiger partial charge in [-0.25, -0.2) is 13.6 Å². The summed E-state index contributed by atoms with van der Waals surface area (Å²) in [6.07, 6.45) is 4.49. The molecule has 0 bridgehead atoms. The molecule has 0 radical (unpaired) electrons. The molecule has 0 spiro atoms. The molecule has 2 atom stereocenters. The van der Waals surface area contributed by atoms with Crippen molar-refractivity contribution < 1.29 is 13.2 Å². The van der Waals surface area contributed by atoms with Gasteiger partial charge >= 0.3 is 0 Å². The van der Waals surface area contributed by atoms with Gasteiger partial charge in [-0.15, -0.1) is 0 Å². The third kappa shape index (κ3) is 2.65. The maximum Gasteiger partial charge on any atom is 0.211 e. The molecular weight excluding hydrogens is 190 g/mol. The van der Waals surface area contributed by atoms with Crippen molar-refractivity contribution in [2.45, 2.75) is 37.9 Å². The van der Waals surface area contributed by atoms with Crippen molar-refractivity contribution in [1.82, 2.24) is 0 Å². The molecule has 4 nitrogen and oxygen atoms in total. The summed E-state index contributed by atoms with van der Waals surface area (Å²) in [5, 5.41) is 4.94. The Morgan fingerprint density at radius 3 is 2.46 bits per heavy atom. The van der Waals surface area contributed by atoms with E-state index in [1.54, 1.807) is 0 Å². The SMILES string of the molecule is NS(=O)(=O)CC1CCC(C2CC2)O1. The van der Waals surface area contributed by atoms with Crippen molar-refractivity contribution in [2.24, 2.45) is 11.1 Å². The van der Waals surface area contributed by atoms with Crippen LogP contribution in [0.15, 0.2) is 0 Å². The van der Waals surface area contributed by atoms with E-state index in [2.05, 4.69) is 0 Å². The molecule has 2 aliphatic rings. The summed E-state index contributed by atoms with van der Waals surface area (Å²) >= 11 is 0. The molecule has 1 aliphatic heterocycles. The second kappa shape index (κ2) is 3.22. The van der Waals surface area contributed by atoms with E-state index in [1.807, 2.05) is 0 Å². The second-order valence-corrected chi connectivity index (χ2v) is 5.70. The lowest BCUT2D eigenvalue weighted by molar-refractivity contribution is 0.0445. The summed E-state index contributed by atoms with van der Waals surface area (Å²) in [5.74, 6) is 0.682. The fourth-order valence-corrected chi connectivity index (χ4v) is 2.69. The van der Waals surface area contributed by atoms with Crippen LogP contribution >= 0.6 is 0 Å². The molecule has 2 fully saturated rings. The summed E-state index contributed by atoms with van der Waals surface area (Å²) in [6.45, 7) is 0. The number of nitrogens with two attached hydrogens (primary N) is 1. The average Bonchev–Trinajstić information content (AvgIpc) is 2.72. The zero-order valence-electron chi connectivity index (χ0n) is 7.48. The third-order valence-electron chi connectivity index (χ3n) is 2.71. The van der Waals surface area contributed by atoms with E-state index in [9.17, 15) is 8.42 Å². The van der Waals surface area contributed by atoms with Crippen LogP contribution in [-0.4, -0.2) is 26.4 Å². The van der Waals surface area contributed by atoms with Gasteiger partial charge in [-0.05, 0) is 31.6 Å². The van der Waals surface area contributed by atoms with Crippen molar-refractivity contribution in [3.8, 4) is 0 Å². The molecule has 13 heavy (non-hydrogen) atoms. The Bertz CT molecular complexity index is 284. The summed E-state index contributed by atoms with van der Waals surface area (Å²) in [7, 11) is -3.36. The van der Waals surface area contributed by atoms with Crippen molar-refractivity contribution >= 4 is 10.0 Å². The van der Waals surface area contributed by atoms with Gasteiger partial charge in [0.2, 0.25) is 10.0 Å². The van der Waals surface area contributed by atoms with Crippen molar-refractivity contribution in [3.63, 3.8) is 0 Å². The van der Waals surface area contributed by atoms with E-state index in [0.717, 1.165) is 12.8 Å². The molecule has 0 amide bonds. The molecule has 2 rings (SSSR count). The first-order valence-corrected chi connectivity index (χ1v) is 6.42. The quantitative estimate of drug-likeness (QED) is 0.717. The number of hydrogen-bond donors (Lipinski definition) is 1. The molecule has 0 aromatic carbocycles. The molecule has 5 heteroatoms. The van der Waals surface area contributed by atoms with Crippen LogP contribution in [0.4, 0.5) is 0 Å². The van der Waals surface area contributed by atoms with Crippen LogP contribution in [0.2, 0.25) is 0 Å². The standard InChI is InChI=1S/C8H15NO3S/c9-13(10,11)5-7-3-4-8(12-7)6-1-2-6/h6-8H,1-5H2,(H2,9,10,11). The Balaban J connectivity index is 1.84. The topological polar surface area (TPSA) is 69.4 Å². The molecular formula is C8H15NO3S. The van der Waals surface area contributed by atoms with Gasteiger partial charge in [0, 0.05) is 0 Å². The summed E-state index contributed by atoms with van der Waals surface area (Å²) in [5.41, 5.74) is 0. The third-order valence-corrected chi connectivity index (χ3v) is 3.54. The first-order valence-electron chi connectivity index (χ1n) is 4.70. The predicted octanol–water partition coefficient (Wildman–Crippen LogP) is 0.233. The zero-order valence-corrected chi connectivity index (χ0v) is 8.29. The van der Waals surface area contributed by atoms with Crippen LogP contribution in [0.25, 0.3) is 0 Å². The van der Waals surface area contributed by atoms with Gasteiger partial charge in [0.15, 0.2) is 0 Å². The van der Waals surface area contributed by atoms with Gasteiger partial charge < -0.3 is 4.74 Å². The van der Waals surface area contributed by atoms with Crippen LogP contribution in [0.1, 0.15) is 25.7 Å². The molecule has 1 saturated carbocycles. The number of hydrogen-bond acceptors (Lipinski definition) is 3. The Morgan fingerprint density at radius 1 is 1.23 bits per heavy atom. The molecule has 0 aromatic heterocycles. The Hall–Kier alpha value is -0.130. The van der Waals surface area contributed by atoms with Crippen molar-refractivity contribution in [2.75, 3.05) is 5.75 Å². The van der Waals surface area contributed by atoms with Crippen LogP contribution in [0, 0.1) is 5.92 Å². The Labute approximate surface area is 78.5 Å². The fraction of sp³-hybridized carbons (Fsp3) is 1.00. The minimum Gasteiger partial charge on any atom is -0.374 e. The average molecular weight is 205 g/mol. The van der Waals surface area contributed by atoms with Crippen LogP contribution in [-0.2, 0) is 14.8 Å². The van der Waals surface area contributed by atoms with Crippen molar-refractivity contribution in [1.29, 1.82) is 0 Å². The van der Waals surface area contributed by atoms with Gasteiger partial charge in [-0.2, -0.15) is 0 Å². The zero-order chi connectivity index (χ0) is 9.47. The van der Waals surface area contributed by atoms with E-state index in [0.29, 0.717) is 12.0 Å². The first-order chi connectivity index (χ1) is 6.04. The number of rotatable bonds is 3. The maximum atomic E-state index is 10.8. The highest BCUT2D eigenvalue weighted by Crippen LogP contribution is 2.40. The van der Waals surface area contributed by atoms with Gasteiger partial charge in [-0.3, -0.25) is 0 Å². The number of sulfonamides is 1. The lowest BCUT2D eigenvalue weighted by Gasteiger charge is -2.11. The summed E-state index contributed by atoms with van der Waals surface area (Å²) in [4.78, 5) is 0. The normalized spacial score (nSPS) is 35.2. The first kappa shape index (κ1) is 9.43. The largest absolute Gasteiger partial charge is 0.374 e. The van der Waals surface area contributed by atoms with Crippen LogP contribution < -0.4 is 5.14 Å². The molecule has 2 unspecified atom stereocenters. The molecule has 1 aliphatic carbocycles. The van der Waals surface area contributed by atoms with Crippen LogP contribution in [0.5, 0.6) is 0 Å². The highest BCUT2D eigenvalue weighted by atomic mass is 32.2. The summed E-state index contributed by atoms with van der Waals surface area (Å²) in [6, 6.07) is 0. The van der Waals surface area contributed by atoms with Gasteiger partial charge in [-0.1, -0.05) is 0 Å². The second-order valence-electron chi connectivity index (χ2n) is 4.04. The van der Waals surface area contributed by atoms with Crippen LogP contribution in [0.3, 0.4) is 0 Å². The van der Waals surface area contributed by atoms with E-state index >= 15 is 0 Å². The highest BCUT2D eigenvalue weighted by Gasteiger charge is 2.38. The van der Waals surface area contributed by atoms with Crippen molar-refractivity contribution in [3.05, 3.63) is 0 Å². The summed E-state index contributed by atoms with van der Waals surface area (Å²) < 4.78 is 27.2. The fourth-order valence-electron chi connectivity index (χ4n) is 1.93. The molecule has 76 valence electrons. The maximum absolute atomic E-state index is 10.8. The number of primary sulfonamides is 1. The molecule has 0 aromatic rings. The molecule has 2 N–H and O–H groups in total. The Kier molecular flexibility index (Phi) is 2.33. The molecule has 1 saturated heterocycles. The minimum atomic E-state index is -3.36. The van der Waals surface area contributed by atoms with E-state index < -0.39 is 10.0 Å². The van der Waals surface area contributed by atoms with E-state index in [1.165, 1.54) is 12.8 Å². The predicted molar refractivity (Wildman–Crippen MR) is 48.6 cm³/mol. The highest BCUT2D eigenvalue weighted by molar-refractivity contribution is 7.89. The molecule has 1 heterocycles. The lowest BCUT2D eigenvalue weighted by Crippen LogP contribution is -2.27.